The van der Waals surface area contributed by atoms with Gasteiger partial charge in [0.1, 0.15) is 11.8 Å². The number of carbonyl (C=O) groups is 1. The molecule has 2 N–H and O–H groups in total. The van der Waals surface area contributed by atoms with Crippen LogP contribution < -0.4 is 10.9 Å². The van der Waals surface area contributed by atoms with E-state index in [4.69, 9.17) is 0 Å². The topological polar surface area (TPSA) is 141 Å². The molecule has 0 atom stereocenters. The van der Waals surface area contributed by atoms with E-state index in [0.717, 1.165) is 17.1 Å². The standard InChI is InChI=1S/C21H14N8O3/c30-21(15-9-5-7-13-6-1-2-8-14(13)15)26-25-19-18(29(31)32)20(23-12-22-19)28-17-11-4-3-10-16(17)24-27-28/h1-12H,(H,26,30)(H,22,23,25). The third-order valence-corrected chi connectivity index (χ3v) is 4.87. The first-order chi connectivity index (χ1) is 15.6. The second-order valence-electron chi connectivity index (χ2n) is 6.75. The summed E-state index contributed by atoms with van der Waals surface area (Å²) in [5, 5.41) is 21.5. The molecule has 0 aliphatic carbocycles. The van der Waals surface area contributed by atoms with Gasteiger partial charge in [-0.1, -0.05) is 53.7 Å². The molecule has 3 aromatic carbocycles. The fraction of sp³-hybridized carbons (Fsp3) is 0. The van der Waals surface area contributed by atoms with Gasteiger partial charge in [0.05, 0.1) is 10.4 Å². The highest BCUT2D eigenvalue weighted by atomic mass is 16.6. The number of para-hydroxylation sites is 1. The molecule has 1 amide bonds. The van der Waals surface area contributed by atoms with Gasteiger partial charge in [0, 0.05) is 5.56 Å². The fourth-order valence-electron chi connectivity index (χ4n) is 3.42. The van der Waals surface area contributed by atoms with Crippen LogP contribution in [0, 0.1) is 10.1 Å². The van der Waals surface area contributed by atoms with Crippen molar-refractivity contribution < 1.29 is 9.72 Å². The predicted molar refractivity (Wildman–Crippen MR) is 116 cm³/mol. The molecule has 0 unspecified atom stereocenters. The summed E-state index contributed by atoms with van der Waals surface area (Å²) < 4.78 is 1.26. The molecule has 2 aromatic heterocycles. The first-order valence-corrected chi connectivity index (χ1v) is 9.48. The van der Waals surface area contributed by atoms with Crippen LogP contribution in [0.15, 0.2) is 73.1 Å². The van der Waals surface area contributed by atoms with Gasteiger partial charge in [0.15, 0.2) is 0 Å². The number of hydrogen-bond donors (Lipinski definition) is 2. The van der Waals surface area contributed by atoms with E-state index in [0.29, 0.717) is 16.6 Å². The Hall–Kier alpha value is -4.93. The lowest BCUT2D eigenvalue weighted by Crippen LogP contribution is -2.30. The molecule has 0 spiro atoms. The van der Waals surface area contributed by atoms with E-state index in [9.17, 15) is 14.9 Å². The van der Waals surface area contributed by atoms with Gasteiger partial charge in [0.25, 0.3) is 5.91 Å². The highest BCUT2D eigenvalue weighted by Crippen LogP contribution is 2.28. The second-order valence-corrected chi connectivity index (χ2v) is 6.75. The summed E-state index contributed by atoms with van der Waals surface area (Å²) in [5.74, 6) is -0.740. The zero-order valence-corrected chi connectivity index (χ0v) is 16.3. The smallest absolute Gasteiger partial charge is 0.276 e. The number of hydrazine groups is 1. The number of fused-ring (bicyclic) bond motifs is 2. The molecule has 32 heavy (non-hydrogen) atoms. The first-order valence-electron chi connectivity index (χ1n) is 9.48. The van der Waals surface area contributed by atoms with Crippen LogP contribution >= 0.6 is 0 Å². The molecular weight excluding hydrogens is 412 g/mol. The maximum atomic E-state index is 12.8. The second kappa shape index (κ2) is 7.72. The summed E-state index contributed by atoms with van der Waals surface area (Å²) in [6.45, 7) is 0. The Balaban J connectivity index is 1.50. The summed E-state index contributed by atoms with van der Waals surface area (Å²) in [4.78, 5) is 32.0. The number of nitrogens with zero attached hydrogens (tertiary/aromatic N) is 6. The van der Waals surface area contributed by atoms with E-state index in [1.165, 1.54) is 4.68 Å². The van der Waals surface area contributed by atoms with Crippen molar-refractivity contribution in [2.75, 3.05) is 5.43 Å². The first kappa shape index (κ1) is 19.1. The number of rotatable bonds is 5. The Morgan fingerprint density at radius 2 is 1.75 bits per heavy atom. The van der Waals surface area contributed by atoms with Crippen LogP contribution in [0.25, 0.3) is 27.6 Å². The van der Waals surface area contributed by atoms with Crippen LogP contribution in [0.4, 0.5) is 11.5 Å². The largest absolute Gasteiger partial charge is 0.357 e. The number of amides is 1. The number of nitrogens with one attached hydrogen (secondary N) is 2. The average molecular weight is 426 g/mol. The lowest BCUT2D eigenvalue weighted by atomic mass is 10.0. The summed E-state index contributed by atoms with van der Waals surface area (Å²) in [6, 6.07) is 19.7. The molecule has 0 aliphatic heterocycles. The highest BCUT2D eigenvalue weighted by Gasteiger charge is 2.26. The van der Waals surface area contributed by atoms with Gasteiger partial charge in [-0.2, -0.15) is 4.68 Å². The molecule has 156 valence electrons. The molecule has 0 saturated carbocycles. The normalized spacial score (nSPS) is 10.9. The van der Waals surface area contributed by atoms with Gasteiger partial charge in [0.2, 0.25) is 11.6 Å². The van der Waals surface area contributed by atoms with Crippen LogP contribution in [-0.4, -0.2) is 35.8 Å². The molecule has 0 radical (unpaired) electrons. The van der Waals surface area contributed by atoms with E-state index in [2.05, 4.69) is 31.1 Å². The molecule has 0 fully saturated rings. The molecule has 0 saturated heterocycles. The lowest BCUT2D eigenvalue weighted by molar-refractivity contribution is -0.384. The van der Waals surface area contributed by atoms with Crippen molar-refractivity contribution in [2.45, 2.75) is 0 Å². The third-order valence-electron chi connectivity index (χ3n) is 4.87. The minimum absolute atomic E-state index is 0.0828. The summed E-state index contributed by atoms with van der Waals surface area (Å²) >= 11 is 0. The minimum atomic E-state index is -0.641. The third kappa shape index (κ3) is 3.23. The van der Waals surface area contributed by atoms with Crippen LogP contribution in [0.2, 0.25) is 0 Å². The number of nitro groups is 1. The van der Waals surface area contributed by atoms with Crippen LogP contribution in [0.5, 0.6) is 0 Å². The van der Waals surface area contributed by atoms with E-state index in [-0.39, 0.29) is 11.6 Å². The van der Waals surface area contributed by atoms with Crippen LogP contribution in [0.3, 0.4) is 0 Å². The van der Waals surface area contributed by atoms with Gasteiger partial charge < -0.3 is 0 Å². The molecule has 11 heteroatoms. The Morgan fingerprint density at radius 1 is 0.969 bits per heavy atom. The van der Waals surface area contributed by atoms with Crippen molar-refractivity contribution in [3.8, 4) is 5.82 Å². The maximum absolute atomic E-state index is 12.8. The van der Waals surface area contributed by atoms with Crippen molar-refractivity contribution in [1.29, 1.82) is 0 Å². The molecule has 0 bridgehead atoms. The van der Waals surface area contributed by atoms with Crippen molar-refractivity contribution in [3.63, 3.8) is 0 Å². The average Bonchev–Trinajstić information content (AvgIpc) is 3.26. The lowest BCUT2D eigenvalue weighted by Gasteiger charge is -2.11. The molecule has 2 heterocycles. The number of hydrogen-bond acceptors (Lipinski definition) is 8. The Labute approximate surface area is 179 Å². The monoisotopic (exact) mass is 426 g/mol. The quantitative estimate of drug-likeness (QED) is 0.323. The summed E-state index contributed by atoms with van der Waals surface area (Å²) in [7, 11) is 0. The van der Waals surface area contributed by atoms with Crippen LogP contribution in [0.1, 0.15) is 10.4 Å². The summed E-state index contributed by atoms with van der Waals surface area (Å²) in [6.07, 6.45) is 1.14. The van der Waals surface area contributed by atoms with Gasteiger partial charge in [-0.3, -0.25) is 25.8 Å². The van der Waals surface area contributed by atoms with Crippen molar-refractivity contribution in [2.24, 2.45) is 0 Å². The van der Waals surface area contributed by atoms with Crippen LogP contribution in [-0.2, 0) is 0 Å². The maximum Gasteiger partial charge on any atom is 0.357 e. The Bertz CT molecular complexity index is 1490. The van der Waals surface area contributed by atoms with Crippen molar-refractivity contribution in [3.05, 3.63) is 88.7 Å². The molecule has 5 rings (SSSR count). The zero-order valence-electron chi connectivity index (χ0n) is 16.3. The number of carbonyl (C=O) groups excluding carboxylic acids is 1. The van der Waals surface area contributed by atoms with E-state index in [1.807, 2.05) is 30.3 Å². The van der Waals surface area contributed by atoms with Gasteiger partial charge in [-0.05, 0) is 29.0 Å². The number of aromatic nitrogens is 5. The molecular formula is C21H14N8O3. The Morgan fingerprint density at radius 3 is 2.62 bits per heavy atom. The van der Waals surface area contributed by atoms with Gasteiger partial charge >= 0.3 is 5.69 Å². The van der Waals surface area contributed by atoms with Gasteiger partial charge in [-0.15, -0.1) is 5.10 Å². The molecule has 11 nitrogen and oxygen atoms in total. The Kier molecular flexibility index (Phi) is 4.60. The minimum Gasteiger partial charge on any atom is -0.276 e. The van der Waals surface area contributed by atoms with E-state index in [1.54, 1.807) is 36.4 Å². The fourth-order valence-corrected chi connectivity index (χ4v) is 3.42. The number of benzene rings is 3. The number of anilines is 1. The zero-order chi connectivity index (χ0) is 22.1. The summed E-state index contributed by atoms with van der Waals surface area (Å²) in [5.41, 5.74) is 6.09. The van der Waals surface area contributed by atoms with Gasteiger partial charge in [-0.25, -0.2) is 9.97 Å². The predicted octanol–water partition coefficient (Wildman–Crippen LogP) is 3.03. The molecule has 0 aliphatic rings. The SMILES string of the molecule is O=C(NNc1ncnc(-n2nnc3ccccc32)c1[N+](=O)[O-])c1cccc2ccccc12. The van der Waals surface area contributed by atoms with Crippen molar-refractivity contribution in [1.82, 2.24) is 30.4 Å². The van der Waals surface area contributed by atoms with Crippen molar-refractivity contribution >= 4 is 39.2 Å². The molecule has 5 aromatic rings. The van der Waals surface area contributed by atoms with E-state index < -0.39 is 16.5 Å². The van der Waals surface area contributed by atoms with E-state index >= 15 is 0 Å². The highest BCUT2D eigenvalue weighted by molar-refractivity contribution is 6.07.